The zero-order valence-electron chi connectivity index (χ0n) is 12.9. The molecule has 0 unspecified atom stereocenters. The molecular formula is C15H12N8O. The number of nitrogens with zero attached hydrogens (tertiary/aromatic N) is 6. The molecule has 0 bridgehead atoms. The first kappa shape index (κ1) is 16.5. The average molecular weight is 320 g/mol. The van der Waals surface area contributed by atoms with E-state index in [0.717, 1.165) is 0 Å². The smallest absolute Gasteiger partial charge is 0.277 e. The monoisotopic (exact) mass is 320 g/mol. The number of hydrogen-bond acceptors (Lipinski definition) is 8. The van der Waals surface area contributed by atoms with Gasteiger partial charge >= 0.3 is 0 Å². The van der Waals surface area contributed by atoms with Crippen LogP contribution in [0.3, 0.4) is 0 Å². The fraction of sp³-hybridized carbons (Fsp3) is 0.133. The number of hydrogen-bond donors (Lipinski definition) is 2. The Morgan fingerprint density at radius 1 is 1.12 bits per heavy atom. The fourth-order valence-corrected chi connectivity index (χ4v) is 1.62. The second-order valence-electron chi connectivity index (χ2n) is 4.68. The van der Waals surface area contributed by atoms with Crippen molar-refractivity contribution in [2.45, 2.75) is 13.8 Å². The molecule has 2 aromatic rings. The predicted octanol–water partition coefficient (Wildman–Crippen LogP) is 1.56. The highest BCUT2D eigenvalue weighted by Crippen LogP contribution is 2.17. The summed E-state index contributed by atoms with van der Waals surface area (Å²) in [4.78, 5) is 24.1. The van der Waals surface area contributed by atoms with E-state index in [2.05, 4.69) is 30.8 Å². The van der Waals surface area contributed by atoms with Crippen molar-refractivity contribution in [2.24, 2.45) is 5.10 Å². The largest absolute Gasteiger partial charge is 0.305 e. The summed E-state index contributed by atoms with van der Waals surface area (Å²) >= 11 is 0. The minimum atomic E-state index is -0.427. The number of nitrogens with one attached hydrogen (secondary N) is 2. The van der Waals surface area contributed by atoms with Gasteiger partial charge in [0.1, 0.15) is 23.7 Å². The molecule has 9 heteroatoms. The van der Waals surface area contributed by atoms with Crippen LogP contribution in [0.1, 0.15) is 21.7 Å². The van der Waals surface area contributed by atoms with Crippen molar-refractivity contribution in [2.75, 3.05) is 10.7 Å². The average Bonchev–Trinajstić information content (AvgIpc) is 2.58. The second-order valence-corrected chi connectivity index (χ2v) is 4.68. The van der Waals surface area contributed by atoms with Crippen LogP contribution in [0.5, 0.6) is 0 Å². The first-order valence-electron chi connectivity index (χ1n) is 6.74. The van der Waals surface area contributed by atoms with Crippen LogP contribution >= 0.6 is 0 Å². The number of pyridine rings is 1. The van der Waals surface area contributed by atoms with Crippen LogP contribution in [0.4, 0.5) is 11.5 Å². The molecule has 0 aliphatic heterocycles. The number of rotatable bonds is 4. The van der Waals surface area contributed by atoms with Gasteiger partial charge in [0.05, 0.1) is 23.8 Å². The van der Waals surface area contributed by atoms with Crippen molar-refractivity contribution < 1.29 is 4.79 Å². The number of carbonyl (C=O) groups is 1. The van der Waals surface area contributed by atoms with Crippen molar-refractivity contribution in [1.82, 2.24) is 15.0 Å². The van der Waals surface area contributed by atoms with Gasteiger partial charge in [-0.2, -0.15) is 15.6 Å². The highest BCUT2D eigenvalue weighted by molar-refractivity contribution is 6.10. The quantitative estimate of drug-likeness (QED) is 0.643. The molecule has 118 valence electrons. The highest BCUT2D eigenvalue weighted by atomic mass is 16.1. The van der Waals surface area contributed by atoms with Crippen molar-refractivity contribution in [1.29, 1.82) is 10.5 Å². The molecule has 2 N–H and O–H groups in total. The first-order chi connectivity index (χ1) is 11.5. The number of aryl methyl sites for hydroxylation is 2. The van der Waals surface area contributed by atoms with Gasteiger partial charge in [0.2, 0.25) is 5.71 Å². The number of nitriles is 2. The van der Waals surface area contributed by atoms with Gasteiger partial charge in [-0.1, -0.05) is 0 Å². The number of amides is 1. The Labute approximate surface area is 137 Å². The minimum Gasteiger partial charge on any atom is -0.305 e. The molecule has 2 rings (SSSR count). The SMILES string of the molecule is Cc1cnc(C(=O)Nc2cc(C)c(NN=C(C#N)C#N)cn2)cn1. The Hall–Kier alpha value is -3.85. The van der Waals surface area contributed by atoms with Gasteiger partial charge in [0, 0.05) is 6.20 Å². The summed E-state index contributed by atoms with van der Waals surface area (Å²) in [5.74, 6) is -0.0976. The summed E-state index contributed by atoms with van der Waals surface area (Å²) in [6, 6.07) is 4.90. The Morgan fingerprint density at radius 3 is 2.46 bits per heavy atom. The van der Waals surface area contributed by atoms with Crippen LogP contribution in [0.2, 0.25) is 0 Å². The third kappa shape index (κ3) is 4.08. The van der Waals surface area contributed by atoms with Gasteiger partial charge in [0.15, 0.2) is 0 Å². The van der Waals surface area contributed by atoms with E-state index in [1.54, 1.807) is 32.1 Å². The number of aromatic nitrogens is 3. The maximum Gasteiger partial charge on any atom is 0.277 e. The molecule has 1 amide bonds. The van der Waals surface area contributed by atoms with Gasteiger partial charge < -0.3 is 5.32 Å². The zero-order valence-corrected chi connectivity index (χ0v) is 12.9. The molecule has 0 saturated heterocycles. The normalized spacial score (nSPS) is 9.33. The van der Waals surface area contributed by atoms with Crippen molar-refractivity contribution in [3.05, 3.63) is 41.6 Å². The van der Waals surface area contributed by atoms with E-state index in [1.165, 1.54) is 18.6 Å². The molecule has 24 heavy (non-hydrogen) atoms. The molecule has 2 heterocycles. The van der Waals surface area contributed by atoms with E-state index in [1.807, 2.05) is 0 Å². The summed E-state index contributed by atoms with van der Waals surface area (Å²) in [5.41, 5.74) is 4.39. The van der Waals surface area contributed by atoms with E-state index in [9.17, 15) is 4.79 Å². The lowest BCUT2D eigenvalue weighted by Gasteiger charge is -2.08. The van der Waals surface area contributed by atoms with Crippen LogP contribution in [0.25, 0.3) is 0 Å². The van der Waals surface area contributed by atoms with Gasteiger partial charge in [-0.25, -0.2) is 9.97 Å². The Balaban J connectivity index is 2.11. The van der Waals surface area contributed by atoms with Gasteiger partial charge in [-0.15, -0.1) is 0 Å². The van der Waals surface area contributed by atoms with Crippen molar-refractivity contribution >= 4 is 23.1 Å². The van der Waals surface area contributed by atoms with Crippen LogP contribution in [-0.4, -0.2) is 26.6 Å². The van der Waals surface area contributed by atoms with Crippen molar-refractivity contribution in [3.63, 3.8) is 0 Å². The van der Waals surface area contributed by atoms with E-state index < -0.39 is 5.91 Å². The number of carbonyl (C=O) groups excluding carboxylic acids is 1. The topological polar surface area (TPSA) is 140 Å². The zero-order chi connectivity index (χ0) is 17.5. The van der Waals surface area contributed by atoms with Crippen molar-refractivity contribution in [3.8, 4) is 12.1 Å². The molecule has 9 nitrogen and oxygen atoms in total. The molecule has 0 saturated carbocycles. The standard InChI is InChI=1S/C15H12N8O/c1-9-3-14(20-7-12(9)23-22-11(4-16)5-17)21-15(24)13-8-18-10(2)6-19-13/h3,6-8,23H,1-2H3,(H,20,21,24). The Morgan fingerprint density at radius 2 is 1.88 bits per heavy atom. The summed E-state index contributed by atoms with van der Waals surface area (Å²) in [5, 5.41) is 23.5. The summed E-state index contributed by atoms with van der Waals surface area (Å²) < 4.78 is 0. The molecule has 0 aromatic carbocycles. The summed E-state index contributed by atoms with van der Waals surface area (Å²) in [7, 11) is 0. The maximum absolute atomic E-state index is 12.1. The van der Waals surface area contributed by atoms with E-state index >= 15 is 0 Å². The lowest BCUT2D eigenvalue weighted by Crippen LogP contribution is -2.15. The number of anilines is 2. The molecule has 0 fully saturated rings. The Kier molecular flexibility index (Phi) is 5.11. The molecule has 0 radical (unpaired) electrons. The fourth-order valence-electron chi connectivity index (χ4n) is 1.62. The third-order valence-electron chi connectivity index (χ3n) is 2.87. The molecule has 0 aliphatic carbocycles. The van der Waals surface area contributed by atoms with E-state index in [4.69, 9.17) is 10.5 Å². The molecule has 0 atom stereocenters. The Bertz CT molecular complexity index is 858. The maximum atomic E-state index is 12.1. The lowest BCUT2D eigenvalue weighted by atomic mass is 10.2. The van der Waals surface area contributed by atoms with E-state index in [-0.39, 0.29) is 11.4 Å². The molecule has 2 aromatic heterocycles. The molecule has 0 aliphatic rings. The van der Waals surface area contributed by atoms with Crippen LogP contribution in [0, 0.1) is 36.5 Å². The molecule has 0 spiro atoms. The highest BCUT2D eigenvalue weighted by Gasteiger charge is 2.10. The predicted molar refractivity (Wildman–Crippen MR) is 86.0 cm³/mol. The van der Waals surface area contributed by atoms with Gasteiger partial charge in [0.25, 0.3) is 5.91 Å². The first-order valence-corrected chi connectivity index (χ1v) is 6.74. The summed E-state index contributed by atoms with van der Waals surface area (Å²) in [6.45, 7) is 3.54. The van der Waals surface area contributed by atoms with Gasteiger partial charge in [-0.05, 0) is 25.5 Å². The summed E-state index contributed by atoms with van der Waals surface area (Å²) in [6.07, 6.45) is 4.32. The minimum absolute atomic E-state index is 0.180. The second kappa shape index (κ2) is 7.42. The van der Waals surface area contributed by atoms with Gasteiger partial charge in [-0.3, -0.25) is 15.2 Å². The number of hydrazone groups is 1. The lowest BCUT2D eigenvalue weighted by molar-refractivity contribution is 0.102. The van der Waals surface area contributed by atoms with Crippen LogP contribution in [0.15, 0.2) is 29.8 Å². The van der Waals surface area contributed by atoms with Crippen LogP contribution in [-0.2, 0) is 0 Å². The van der Waals surface area contributed by atoms with E-state index in [0.29, 0.717) is 22.8 Å². The third-order valence-corrected chi connectivity index (χ3v) is 2.87. The molecular weight excluding hydrogens is 308 g/mol. The van der Waals surface area contributed by atoms with Crippen LogP contribution < -0.4 is 10.7 Å².